The molecule has 1 aromatic heterocycles. The number of rotatable bonds is 5. The highest BCUT2D eigenvalue weighted by Gasteiger charge is 2.31. The molecule has 3 rings (SSSR count). The summed E-state index contributed by atoms with van der Waals surface area (Å²) in [5.74, 6) is 1.16. The number of hydrogen-bond acceptors (Lipinski definition) is 5. The summed E-state index contributed by atoms with van der Waals surface area (Å²) in [7, 11) is 0. The third kappa shape index (κ3) is 4.36. The Hall–Kier alpha value is -2.51. The molecule has 140 valence electrons. The average molecular weight is 366 g/mol. The molecule has 2 heterocycles. The van der Waals surface area contributed by atoms with E-state index in [1.165, 1.54) is 12.1 Å². The van der Waals surface area contributed by atoms with Gasteiger partial charge in [0.1, 0.15) is 11.6 Å². The minimum absolute atomic E-state index is 0.191. The maximum absolute atomic E-state index is 12.5. The van der Waals surface area contributed by atoms with Gasteiger partial charge in [0, 0.05) is 31.4 Å². The molecule has 0 aliphatic carbocycles. The van der Waals surface area contributed by atoms with Crippen LogP contribution in [-0.2, 0) is 19.4 Å². The van der Waals surface area contributed by atoms with Crippen molar-refractivity contribution in [2.75, 3.05) is 23.3 Å². The van der Waals surface area contributed by atoms with Gasteiger partial charge in [0.05, 0.1) is 0 Å². The van der Waals surface area contributed by atoms with Crippen LogP contribution in [0.15, 0.2) is 24.3 Å². The molecule has 1 aliphatic heterocycles. The first kappa shape index (κ1) is 18.3. The molecule has 0 atom stereocenters. The second kappa shape index (κ2) is 7.39. The standard InChI is InChI=1S/C18H21F3N4O/c1-3-14-10-16(24-17(23-14)22-4-2)25-8-7-12-5-6-15(9-13(12)11-25)26-18(19,20)21/h5-6,9-10H,3-4,7-8,11H2,1-2H3,(H,22,23,24). The summed E-state index contributed by atoms with van der Waals surface area (Å²) in [6.45, 7) is 5.94. The summed E-state index contributed by atoms with van der Waals surface area (Å²) in [5, 5.41) is 3.12. The molecule has 0 amide bonds. The molecule has 1 N–H and O–H groups in total. The Balaban J connectivity index is 1.85. The minimum Gasteiger partial charge on any atom is -0.406 e. The number of anilines is 2. The van der Waals surface area contributed by atoms with Crippen molar-refractivity contribution < 1.29 is 17.9 Å². The molecule has 0 saturated heterocycles. The molecule has 0 fully saturated rings. The fraction of sp³-hybridized carbons (Fsp3) is 0.444. The maximum atomic E-state index is 12.5. The second-order valence-electron chi connectivity index (χ2n) is 6.07. The van der Waals surface area contributed by atoms with Gasteiger partial charge in [0.15, 0.2) is 0 Å². The zero-order valence-electron chi connectivity index (χ0n) is 14.7. The highest BCUT2D eigenvalue weighted by molar-refractivity contribution is 5.49. The van der Waals surface area contributed by atoms with E-state index in [1.54, 1.807) is 6.07 Å². The highest BCUT2D eigenvalue weighted by Crippen LogP contribution is 2.30. The van der Waals surface area contributed by atoms with Gasteiger partial charge in [-0.1, -0.05) is 13.0 Å². The lowest BCUT2D eigenvalue weighted by Gasteiger charge is -2.30. The quantitative estimate of drug-likeness (QED) is 0.869. The number of aromatic nitrogens is 2. The van der Waals surface area contributed by atoms with E-state index in [2.05, 4.69) is 24.9 Å². The molecule has 0 radical (unpaired) electrons. The van der Waals surface area contributed by atoms with Crippen LogP contribution in [0.25, 0.3) is 0 Å². The Bertz CT molecular complexity index is 780. The van der Waals surface area contributed by atoms with Crippen LogP contribution in [0.5, 0.6) is 5.75 Å². The molecule has 0 saturated carbocycles. The summed E-state index contributed by atoms with van der Waals surface area (Å²) in [6, 6.07) is 6.46. The van der Waals surface area contributed by atoms with Gasteiger partial charge in [-0.15, -0.1) is 13.2 Å². The van der Waals surface area contributed by atoms with Crippen molar-refractivity contribution in [3.63, 3.8) is 0 Å². The molecule has 0 bridgehead atoms. The third-order valence-corrected chi connectivity index (χ3v) is 4.21. The molecule has 1 aromatic carbocycles. The van der Waals surface area contributed by atoms with Gasteiger partial charge in [-0.05, 0) is 43.0 Å². The number of halogens is 3. The Morgan fingerprint density at radius 1 is 1.15 bits per heavy atom. The molecule has 8 heteroatoms. The first-order valence-corrected chi connectivity index (χ1v) is 8.62. The average Bonchev–Trinajstić information content (AvgIpc) is 2.59. The van der Waals surface area contributed by atoms with Crippen molar-refractivity contribution in [2.24, 2.45) is 0 Å². The van der Waals surface area contributed by atoms with Crippen LogP contribution in [-0.4, -0.2) is 29.4 Å². The first-order valence-electron chi connectivity index (χ1n) is 8.62. The van der Waals surface area contributed by atoms with Gasteiger partial charge in [0.25, 0.3) is 0 Å². The Morgan fingerprint density at radius 2 is 1.96 bits per heavy atom. The zero-order chi connectivity index (χ0) is 18.7. The Labute approximate surface area is 150 Å². The predicted octanol–water partition coefficient (Wildman–Crippen LogP) is 3.93. The fourth-order valence-electron chi connectivity index (χ4n) is 2.99. The SMILES string of the molecule is CCNc1nc(CC)cc(N2CCc3ccc(OC(F)(F)F)cc3C2)n1. The van der Waals surface area contributed by atoms with Gasteiger partial charge in [-0.3, -0.25) is 0 Å². The number of alkyl halides is 3. The van der Waals surface area contributed by atoms with Crippen LogP contribution >= 0.6 is 0 Å². The summed E-state index contributed by atoms with van der Waals surface area (Å²) >= 11 is 0. The lowest BCUT2D eigenvalue weighted by atomic mass is 9.99. The van der Waals surface area contributed by atoms with Crippen molar-refractivity contribution in [1.29, 1.82) is 0 Å². The van der Waals surface area contributed by atoms with Crippen LogP contribution in [0.2, 0.25) is 0 Å². The lowest BCUT2D eigenvalue weighted by Crippen LogP contribution is -2.31. The number of nitrogens with zero attached hydrogens (tertiary/aromatic N) is 3. The fourth-order valence-corrected chi connectivity index (χ4v) is 2.99. The van der Waals surface area contributed by atoms with Crippen molar-refractivity contribution in [3.8, 4) is 5.75 Å². The van der Waals surface area contributed by atoms with Gasteiger partial charge in [-0.25, -0.2) is 4.98 Å². The molecule has 0 spiro atoms. The molecule has 0 unspecified atom stereocenters. The number of benzene rings is 1. The topological polar surface area (TPSA) is 50.3 Å². The van der Waals surface area contributed by atoms with Crippen LogP contribution < -0.4 is 15.0 Å². The summed E-state index contributed by atoms with van der Waals surface area (Å²) < 4.78 is 41.4. The molecule has 2 aromatic rings. The summed E-state index contributed by atoms with van der Waals surface area (Å²) in [4.78, 5) is 11.0. The monoisotopic (exact) mass is 366 g/mol. The first-order chi connectivity index (χ1) is 12.4. The zero-order valence-corrected chi connectivity index (χ0v) is 14.7. The lowest BCUT2D eigenvalue weighted by molar-refractivity contribution is -0.274. The normalized spacial score (nSPS) is 14.1. The van der Waals surface area contributed by atoms with E-state index in [9.17, 15) is 13.2 Å². The predicted molar refractivity (Wildman–Crippen MR) is 93.5 cm³/mol. The van der Waals surface area contributed by atoms with Crippen molar-refractivity contribution in [1.82, 2.24) is 9.97 Å². The number of fused-ring (bicyclic) bond motifs is 1. The Kier molecular flexibility index (Phi) is 5.20. The number of ether oxygens (including phenoxy) is 1. The summed E-state index contributed by atoms with van der Waals surface area (Å²) in [6.07, 6.45) is -3.17. The molecule has 5 nitrogen and oxygen atoms in total. The molecular weight excluding hydrogens is 345 g/mol. The van der Waals surface area contributed by atoms with E-state index in [0.29, 0.717) is 19.0 Å². The van der Waals surface area contributed by atoms with E-state index in [0.717, 1.165) is 42.0 Å². The van der Waals surface area contributed by atoms with E-state index >= 15 is 0 Å². The largest absolute Gasteiger partial charge is 0.573 e. The van der Waals surface area contributed by atoms with Gasteiger partial charge < -0.3 is 15.0 Å². The second-order valence-corrected chi connectivity index (χ2v) is 6.07. The van der Waals surface area contributed by atoms with Gasteiger partial charge in [-0.2, -0.15) is 4.98 Å². The van der Waals surface area contributed by atoms with Crippen LogP contribution in [0, 0.1) is 0 Å². The van der Waals surface area contributed by atoms with E-state index in [-0.39, 0.29) is 5.75 Å². The smallest absolute Gasteiger partial charge is 0.406 e. The molecule has 1 aliphatic rings. The van der Waals surface area contributed by atoms with Gasteiger partial charge >= 0.3 is 6.36 Å². The summed E-state index contributed by atoms with van der Waals surface area (Å²) in [5.41, 5.74) is 2.78. The number of aryl methyl sites for hydroxylation is 1. The van der Waals surface area contributed by atoms with Crippen molar-refractivity contribution in [3.05, 3.63) is 41.1 Å². The highest BCUT2D eigenvalue weighted by atomic mass is 19.4. The van der Waals surface area contributed by atoms with Crippen LogP contribution in [0.3, 0.4) is 0 Å². The molecular formula is C18H21F3N4O. The molecule has 26 heavy (non-hydrogen) atoms. The van der Waals surface area contributed by atoms with E-state index in [4.69, 9.17) is 0 Å². The van der Waals surface area contributed by atoms with Crippen LogP contribution in [0.1, 0.15) is 30.7 Å². The van der Waals surface area contributed by atoms with Crippen molar-refractivity contribution >= 4 is 11.8 Å². The Morgan fingerprint density at radius 3 is 2.65 bits per heavy atom. The van der Waals surface area contributed by atoms with E-state index < -0.39 is 6.36 Å². The third-order valence-electron chi connectivity index (χ3n) is 4.21. The van der Waals surface area contributed by atoms with E-state index in [1.807, 2.05) is 19.9 Å². The van der Waals surface area contributed by atoms with Crippen LogP contribution in [0.4, 0.5) is 24.9 Å². The minimum atomic E-state index is -4.69. The maximum Gasteiger partial charge on any atom is 0.573 e. The number of nitrogens with one attached hydrogen (secondary N) is 1. The number of hydrogen-bond donors (Lipinski definition) is 1. The van der Waals surface area contributed by atoms with Gasteiger partial charge in [0.2, 0.25) is 5.95 Å². The van der Waals surface area contributed by atoms with Crippen molar-refractivity contribution in [2.45, 2.75) is 39.6 Å².